The number of hydrogen-bond acceptors (Lipinski definition) is 4. The summed E-state index contributed by atoms with van der Waals surface area (Å²) >= 11 is 0. The normalized spacial score (nSPS) is 13.1. The van der Waals surface area contributed by atoms with Gasteiger partial charge >= 0.3 is 6.61 Å². The number of guanidine groups is 1. The molecular formula is C16H22F2IN3O3. The number of nitrogens with zero attached hydrogens (tertiary/aromatic N) is 1. The quantitative estimate of drug-likeness (QED) is 0.211. The summed E-state index contributed by atoms with van der Waals surface area (Å²) in [4.78, 5) is 4.09. The Morgan fingerprint density at radius 2 is 2.04 bits per heavy atom. The summed E-state index contributed by atoms with van der Waals surface area (Å²) < 4.78 is 40.2. The first-order chi connectivity index (χ1) is 11.6. The maximum absolute atomic E-state index is 12.6. The van der Waals surface area contributed by atoms with Gasteiger partial charge in [0.15, 0.2) is 17.5 Å². The van der Waals surface area contributed by atoms with Crippen LogP contribution in [0.4, 0.5) is 8.78 Å². The number of allylic oxidation sites excluding steroid dienone is 1. The molecule has 0 radical (unpaired) electrons. The summed E-state index contributed by atoms with van der Waals surface area (Å²) in [5, 5.41) is 6.19. The molecule has 0 spiro atoms. The highest BCUT2D eigenvalue weighted by atomic mass is 127. The van der Waals surface area contributed by atoms with E-state index in [0.717, 1.165) is 6.42 Å². The molecule has 140 valence electrons. The Hall–Kier alpha value is -1.78. The molecular weight excluding hydrogens is 447 g/mol. The molecule has 2 N–H and O–H groups in total. The molecule has 1 aliphatic rings. The highest BCUT2D eigenvalue weighted by Gasteiger charge is 2.20. The number of fused-ring (bicyclic) bond motifs is 1. The Morgan fingerprint density at radius 3 is 2.68 bits per heavy atom. The average Bonchev–Trinajstić information content (AvgIpc) is 3.00. The van der Waals surface area contributed by atoms with Gasteiger partial charge in [-0.25, -0.2) is 0 Å². The van der Waals surface area contributed by atoms with Gasteiger partial charge in [-0.3, -0.25) is 4.99 Å². The summed E-state index contributed by atoms with van der Waals surface area (Å²) in [6, 6.07) is 3.04. The molecule has 0 fully saturated rings. The summed E-state index contributed by atoms with van der Waals surface area (Å²) in [7, 11) is 1.64. The number of hydrogen-bond donors (Lipinski definition) is 2. The van der Waals surface area contributed by atoms with Crippen molar-refractivity contribution in [1.82, 2.24) is 10.6 Å². The molecule has 0 atom stereocenters. The van der Waals surface area contributed by atoms with Crippen molar-refractivity contribution in [3.63, 3.8) is 0 Å². The third kappa shape index (κ3) is 6.56. The highest BCUT2D eigenvalue weighted by molar-refractivity contribution is 14.0. The van der Waals surface area contributed by atoms with E-state index < -0.39 is 6.61 Å². The van der Waals surface area contributed by atoms with E-state index in [9.17, 15) is 8.78 Å². The smallest absolute Gasteiger partial charge is 0.387 e. The monoisotopic (exact) mass is 469 g/mol. The van der Waals surface area contributed by atoms with Crippen molar-refractivity contribution in [1.29, 1.82) is 0 Å². The van der Waals surface area contributed by atoms with Crippen molar-refractivity contribution in [3.8, 4) is 17.2 Å². The maximum atomic E-state index is 12.6. The van der Waals surface area contributed by atoms with Crippen LogP contribution >= 0.6 is 24.0 Å². The second-order valence-electron chi connectivity index (χ2n) is 4.90. The minimum atomic E-state index is -2.91. The molecule has 0 bridgehead atoms. The van der Waals surface area contributed by atoms with Crippen LogP contribution in [0.1, 0.15) is 18.9 Å². The summed E-state index contributed by atoms with van der Waals surface area (Å²) in [6.07, 6.45) is 4.87. The van der Waals surface area contributed by atoms with Crippen molar-refractivity contribution >= 4 is 29.9 Å². The Balaban J connectivity index is 0.00000312. The van der Waals surface area contributed by atoms with Crippen LogP contribution in [0.25, 0.3) is 0 Å². The molecule has 0 saturated carbocycles. The zero-order valence-electron chi connectivity index (χ0n) is 14.1. The number of nitrogens with one attached hydrogen (secondary N) is 2. The Kier molecular flexibility index (Phi) is 9.32. The van der Waals surface area contributed by atoms with Crippen LogP contribution in [0.3, 0.4) is 0 Å². The lowest BCUT2D eigenvalue weighted by molar-refractivity contribution is -0.0505. The number of aliphatic imine (C=N–C) groups is 1. The van der Waals surface area contributed by atoms with Crippen molar-refractivity contribution in [2.75, 3.05) is 20.4 Å². The molecule has 0 unspecified atom stereocenters. The molecule has 1 aromatic rings. The van der Waals surface area contributed by atoms with E-state index in [0.29, 0.717) is 29.6 Å². The van der Waals surface area contributed by atoms with Gasteiger partial charge in [0, 0.05) is 31.8 Å². The first-order valence-electron chi connectivity index (χ1n) is 7.57. The van der Waals surface area contributed by atoms with Crippen LogP contribution in [0.15, 0.2) is 29.3 Å². The number of ether oxygens (including phenoxy) is 3. The van der Waals surface area contributed by atoms with Crippen LogP contribution in [0.2, 0.25) is 0 Å². The van der Waals surface area contributed by atoms with Crippen LogP contribution in [0, 0.1) is 0 Å². The first kappa shape index (κ1) is 21.3. The fourth-order valence-electron chi connectivity index (χ4n) is 2.15. The van der Waals surface area contributed by atoms with Gasteiger partial charge in [-0.15, -0.1) is 24.0 Å². The summed E-state index contributed by atoms with van der Waals surface area (Å²) in [6.45, 7) is 0.0709. The maximum Gasteiger partial charge on any atom is 0.387 e. The van der Waals surface area contributed by atoms with Gasteiger partial charge in [0.25, 0.3) is 0 Å². The molecule has 0 aromatic heterocycles. The molecule has 2 rings (SSSR count). The van der Waals surface area contributed by atoms with E-state index in [1.807, 2.05) is 19.1 Å². The summed E-state index contributed by atoms with van der Waals surface area (Å²) in [5.41, 5.74) is 0.524. The third-order valence-corrected chi connectivity index (χ3v) is 3.28. The Morgan fingerprint density at radius 1 is 1.32 bits per heavy atom. The van der Waals surface area contributed by atoms with Crippen molar-refractivity contribution in [3.05, 3.63) is 29.8 Å². The van der Waals surface area contributed by atoms with E-state index in [-0.39, 0.29) is 43.1 Å². The minimum Gasteiger partial charge on any atom is -0.454 e. The lowest BCUT2D eigenvalue weighted by atomic mass is 10.1. The molecule has 0 aliphatic carbocycles. The standard InChI is InChI=1S/C16H21F2N3O3.HI/c1-3-4-5-6-20-16(19-2)21-9-11-7-13-14(23-10-22-13)8-12(11)24-15(17)18;/h3-4,7-8,15H,5-6,9-10H2,1-2H3,(H2,19,20,21);1H/b4-3+;. The third-order valence-electron chi connectivity index (χ3n) is 3.28. The molecule has 9 heteroatoms. The van der Waals surface area contributed by atoms with Crippen LogP contribution in [-0.4, -0.2) is 33.0 Å². The fourth-order valence-corrected chi connectivity index (χ4v) is 2.15. The molecule has 0 amide bonds. The van der Waals surface area contributed by atoms with Gasteiger partial charge < -0.3 is 24.8 Å². The average molecular weight is 469 g/mol. The second-order valence-corrected chi connectivity index (χ2v) is 4.90. The lowest BCUT2D eigenvalue weighted by Gasteiger charge is -2.15. The lowest BCUT2D eigenvalue weighted by Crippen LogP contribution is -2.37. The highest BCUT2D eigenvalue weighted by Crippen LogP contribution is 2.38. The summed E-state index contributed by atoms with van der Waals surface area (Å²) in [5.74, 6) is 1.51. The number of halogens is 3. The first-order valence-corrected chi connectivity index (χ1v) is 7.57. The van der Waals surface area contributed by atoms with Crippen molar-refractivity contribution in [2.24, 2.45) is 4.99 Å². The number of alkyl halides is 2. The van der Waals surface area contributed by atoms with Crippen LogP contribution in [-0.2, 0) is 6.54 Å². The van der Waals surface area contributed by atoms with Gasteiger partial charge in [0.1, 0.15) is 5.75 Å². The minimum absolute atomic E-state index is 0. The molecule has 0 saturated heterocycles. The van der Waals surface area contributed by atoms with E-state index in [2.05, 4.69) is 20.4 Å². The van der Waals surface area contributed by atoms with Crippen LogP contribution < -0.4 is 24.8 Å². The Bertz CT molecular complexity index is 613. The predicted molar refractivity (Wildman–Crippen MR) is 102 cm³/mol. The van der Waals surface area contributed by atoms with Gasteiger partial charge in [-0.05, 0) is 19.4 Å². The molecule has 6 nitrogen and oxygen atoms in total. The largest absolute Gasteiger partial charge is 0.454 e. The fraction of sp³-hybridized carbons (Fsp3) is 0.438. The molecule has 1 aromatic carbocycles. The molecule has 25 heavy (non-hydrogen) atoms. The van der Waals surface area contributed by atoms with E-state index in [1.165, 1.54) is 6.07 Å². The van der Waals surface area contributed by atoms with Gasteiger partial charge in [-0.2, -0.15) is 8.78 Å². The van der Waals surface area contributed by atoms with Gasteiger partial charge in [0.05, 0.1) is 0 Å². The van der Waals surface area contributed by atoms with E-state index in [4.69, 9.17) is 9.47 Å². The SMILES string of the molecule is C/C=C/CCNC(=NC)NCc1cc2c(cc1OC(F)F)OCO2.I. The predicted octanol–water partition coefficient (Wildman–Crippen LogP) is 3.27. The van der Waals surface area contributed by atoms with Gasteiger partial charge in [-0.1, -0.05) is 12.2 Å². The van der Waals surface area contributed by atoms with Crippen LogP contribution in [0.5, 0.6) is 17.2 Å². The molecule has 1 aliphatic heterocycles. The molecule has 1 heterocycles. The zero-order chi connectivity index (χ0) is 17.4. The number of benzene rings is 1. The van der Waals surface area contributed by atoms with Gasteiger partial charge in [0.2, 0.25) is 6.79 Å². The Labute approximate surface area is 162 Å². The van der Waals surface area contributed by atoms with E-state index in [1.54, 1.807) is 13.1 Å². The van der Waals surface area contributed by atoms with Crippen molar-refractivity contribution in [2.45, 2.75) is 26.5 Å². The zero-order valence-corrected chi connectivity index (χ0v) is 16.4. The number of rotatable bonds is 7. The second kappa shape index (κ2) is 11.0. The topological polar surface area (TPSA) is 64.1 Å². The van der Waals surface area contributed by atoms with E-state index >= 15 is 0 Å². The van der Waals surface area contributed by atoms with Crippen molar-refractivity contribution < 1.29 is 23.0 Å².